The number of hydrogen-bond donors (Lipinski definition) is 2. The van der Waals surface area contributed by atoms with E-state index in [0.717, 1.165) is 0 Å². The Bertz CT molecular complexity index is 1160. The van der Waals surface area contributed by atoms with Crippen LogP contribution in [0.3, 0.4) is 0 Å². The number of likely N-dealkylation sites (N-methyl/N-ethyl adjacent to an activating group) is 1. The van der Waals surface area contributed by atoms with Gasteiger partial charge < -0.3 is 15.2 Å². The number of H-pyrrole nitrogens is 1. The molecule has 3 aromatic rings. The van der Waals surface area contributed by atoms with E-state index in [2.05, 4.69) is 15.3 Å². The number of aromatic amines is 1. The van der Waals surface area contributed by atoms with Crippen molar-refractivity contribution in [2.24, 2.45) is 5.92 Å². The summed E-state index contributed by atoms with van der Waals surface area (Å²) >= 11 is 0. The van der Waals surface area contributed by atoms with E-state index in [1.54, 1.807) is 51.1 Å². The van der Waals surface area contributed by atoms with Crippen molar-refractivity contribution in [3.8, 4) is 0 Å². The van der Waals surface area contributed by atoms with Crippen molar-refractivity contribution in [3.63, 3.8) is 0 Å². The average molecular weight is 424 g/mol. The fraction of sp³-hybridized carbons (Fsp3) is 0.304. The average Bonchev–Trinajstić information content (AvgIpc) is 2.75. The Kier molecular flexibility index (Phi) is 6.79. The Morgan fingerprint density at radius 3 is 2.48 bits per heavy atom. The van der Waals surface area contributed by atoms with Crippen molar-refractivity contribution >= 4 is 22.7 Å². The third-order valence-corrected chi connectivity index (χ3v) is 5.03. The van der Waals surface area contributed by atoms with E-state index in [9.17, 15) is 18.8 Å². The van der Waals surface area contributed by atoms with Gasteiger partial charge in [0.2, 0.25) is 5.91 Å². The number of nitrogens with zero attached hydrogens (tertiary/aromatic N) is 2. The summed E-state index contributed by atoms with van der Waals surface area (Å²) in [5.41, 5.74) is 0.139. The van der Waals surface area contributed by atoms with Crippen LogP contribution in [0, 0.1) is 11.7 Å². The first kappa shape index (κ1) is 22.1. The minimum Gasteiger partial charge on any atom is -0.340 e. The van der Waals surface area contributed by atoms with Gasteiger partial charge in [-0.15, -0.1) is 0 Å². The summed E-state index contributed by atoms with van der Waals surface area (Å²) in [6.07, 6.45) is 0. The third kappa shape index (κ3) is 4.96. The molecule has 2 N–H and O–H groups in total. The molecule has 1 aromatic heterocycles. The zero-order valence-corrected chi connectivity index (χ0v) is 17.7. The van der Waals surface area contributed by atoms with Crippen LogP contribution in [0.5, 0.6) is 0 Å². The highest BCUT2D eigenvalue weighted by molar-refractivity contribution is 5.97. The molecule has 0 aliphatic rings. The lowest BCUT2D eigenvalue weighted by atomic mass is 10.0. The number of benzene rings is 2. The van der Waals surface area contributed by atoms with Crippen LogP contribution in [0.15, 0.2) is 53.3 Å². The Balaban J connectivity index is 1.82. The van der Waals surface area contributed by atoms with Gasteiger partial charge in [-0.2, -0.15) is 0 Å². The van der Waals surface area contributed by atoms with Gasteiger partial charge in [0.05, 0.1) is 23.0 Å². The molecule has 2 amide bonds. The fourth-order valence-corrected chi connectivity index (χ4v) is 3.31. The zero-order chi connectivity index (χ0) is 22.5. The molecule has 0 aliphatic carbocycles. The van der Waals surface area contributed by atoms with Crippen molar-refractivity contribution in [2.45, 2.75) is 33.4 Å². The highest BCUT2D eigenvalue weighted by Gasteiger charge is 2.29. The van der Waals surface area contributed by atoms with Gasteiger partial charge >= 0.3 is 0 Å². The van der Waals surface area contributed by atoms with E-state index >= 15 is 0 Å². The molecule has 0 unspecified atom stereocenters. The molecular formula is C23H25FN4O3. The lowest BCUT2D eigenvalue weighted by Gasteiger charge is -2.29. The van der Waals surface area contributed by atoms with Gasteiger partial charge in [-0.3, -0.25) is 14.4 Å². The molecule has 0 aliphatic heterocycles. The van der Waals surface area contributed by atoms with Gasteiger partial charge in [-0.05, 0) is 37.1 Å². The number of para-hydroxylation sites is 1. The Labute approximate surface area is 179 Å². The van der Waals surface area contributed by atoms with Crippen LogP contribution in [0.25, 0.3) is 10.9 Å². The molecule has 0 bridgehead atoms. The summed E-state index contributed by atoms with van der Waals surface area (Å²) in [4.78, 5) is 46.8. The maximum Gasteiger partial charge on any atom is 0.258 e. The van der Waals surface area contributed by atoms with Crippen molar-refractivity contribution in [3.05, 3.63) is 76.1 Å². The summed E-state index contributed by atoms with van der Waals surface area (Å²) in [5, 5.41) is 3.12. The molecule has 162 valence electrons. The van der Waals surface area contributed by atoms with E-state index in [1.165, 1.54) is 23.1 Å². The molecule has 0 fully saturated rings. The van der Waals surface area contributed by atoms with Crippen LogP contribution in [0.4, 0.5) is 4.39 Å². The van der Waals surface area contributed by atoms with Crippen LogP contribution in [0.2, 0.25) is 0 Å². The molecule has 0 spiro atoms. The van der Waals surface area contributed by atoms with Gasteiger partial charge in [0.25, 0.3) is 11.5 Å². The van der Waals surface area contributed by atoms with Crippen LogP contribution in [-0.4, -0.2) is 39.3 Å². The summed E-state index contributed by atoms with van der Waals surface area (Å²) in [7, 11) is 0. The minimum atomic E-state index is -0.862. The topological polar surface area (TPSA) is 95.2 Å². The van der Waals surface area contributed by atoms with Gasteiger partial charge in [-0.25, -0.2) is 9.37 Å². The van der Waals surface area contributed by atoms with Gasteiger partial charge in [-0.1, -0.05) is 38.1 Å². The zero-order valence-electron chi connectivity index (χ0n) is 17.7. The maximum atomic E-state index is 14.0. The first-order chi connectivity index (χ1) is 14.8. The van der Waals surface area contributed by atoms with E-state index in [4.69, 9.17) is 0 Å². The molecule has 0 saturated heterocycles. The summed E-state index contributed by atoms with van der Waals surface area (Å²) in [6, 6.07) is 11.7. The van der Waals surface area contributed by atoms with E-state index in [-0.39, 0.29) is 29.5 Å². The largest absolute Gasteiger partial charge is 0.340 e. The smallest absolute Gasteiger partial charge is 0.258 e. The van der Waals surface area contributed by atoms with Gasteiger partial charge in [0.15, 0.2) is 0 Å². The summed E-state index contributed by atoms with van der Waals surface area (Å²) in [5.74, 6) is -1.53. The molecule has 1 atom stereocenters. The number of carbonyl (C=O) groups excluding carboxylic acids is 2. The number of fused-ring (bicyclic) bond motifs is 1. The molecule has 3 rings (SSSR count). The molecule has 2 aromatic carbocycles. The van der Waals surface area contributed by atoms with Crippen LogP contribution in [-0.2, 0) is 11.3 Å². The first-order valence-electron chi connectivity index (χ1n) is 10.1. The quantitative estimate of drug-likeness (QED) is 0.610. The Hall–Kier alpha value is -3.55. The first-order valence-corrected chi connectivity index (χ1v) is 10.1. The molecule has 7 nitrogen and oxygen atoms in total. The molecule has 0 radical (unpaired) electrons. The predicted molar refractivity (Wildman–Crippen MR) is 116 cm³/mol. The number of halogens is 1. The second-order valence-electron chi connectivity index (χ2n) is 7.56. The van der Waals surface area contributed by atoms with Crippen molar-refractivity contribution in [2.75, 3.05) is 6.54 Å². The molecule has 0 saturated carbocycles. The molecule has 1 heterocycles. The minimum absolute atomic E-state index is 0.0776. The normalized spacial score (nSPS) is 12.0. The molecule has 31 heavy (non-hydrogen) atoms. The lowest BCUT2D eigenvalue weighted by molar-refractivity contribution is -0.134. The van der Waals surface area contributed by atoms with Crippen LogP contribution >= 0.6 is 0 Å². The second-order valence-corrected chi connectivity index (χ2v) is 7.56. The number of nitrogens with one attached hydrogen (secondary N) is 2. The van der Waals surface area contributed by atoms with E-state index in [0.29, 0.717) is 23.3 Å². The SMILES string of the molecule is CCN(Cc1nc2ccccc2c(=O)[nH]1)C(=O)[C@H](NC(=O)c1ccccc1F)C(C)C. The van der Waals surface area contributed by atoms with Crippen molar-refractivity contribution in [1.29, 1.82) is 0 Å². The number of hydrogen-bond acceptors (Lipinski definition) is 4. The highest BCUT2D eigenvalue weighted by atomic mass is 19.1. The van der Waals surface area contributed by atoms with Crippen LogP contribution < -0.4 is 10.9 Å². The van der Waals surface area contributed by atoms with Crippen molar-refractivity contribution < 1.29 is 14.0 Å². The van der Waals surface area contributed by atoms with Gasteiger partial charge in [0, 0.05) is 6.54 Å². The maximum absolute atomic E-state index is 14.0. The van der Waals surface area contributed by atoms with Crippen molar-refractivity contribution in [1.82, 2.24) is 20.2 Å². The number of carbonyl (C=O) groups is 2. The summed E-state index contributed by atoms with van der Waals surface area (Å²) < 4.78 is 14.0. The number of amides is 2. The second kappa shape index (κ2) is 9.51. The number of rotatable bonds is 7. The van der Waals surface area contributed by atoms with E-state index in [1.807, 2.05) is 0 Å². The van der Waals surface area contributed by atoms with Crippen LogP contribution in [0.1, 0.15) is 37.0 Å². The standard InChI is InChI=1S/C23H25FN4O3/c1-4-28(13-19-25-18-12-8-6-10-16(18)22(30)26-19)23(31)20(14(2)3)27-21(29)15-9-5-7-11-17(15)24/h5-12,14,20H,4,13H2,1-3H3,(H,27,29)(H,25,26,30)/t20-/m1/s1. The lowest BCUT2D eigenvalue weighted by Crippen LogP contribution is -2.51. The Morgan fingerprint density at radius 2 is 1.81 bits per heavy atom. The molecule has 8 heteroatoms. The fourth-order valence-electron chi connectivity index (χ4n) is 3.31. The molecular weight excluding hydrogens is 399 g/mol. The van der Waals surface area contributed by atoms with Gasteiger partial charge in [0.1, 0.15) is 17.7 Å². The Morgan fingerprint density at radius 1 is 1.13 bits per heavy atom. The predicted octanol–water partition coefficient (Wildman–Crippen LogP) is 2.87. The third-order valence-electron chi connectivity index (χ3n) is 5.03. The van der Waals surface area contributed by atoms with E-state index < -0.39 is 17.8 Å². The highest BCUT2D eigenvalue weighted by Crippen LogP contribution is 2.13. The monoisotopic (exact) mass is 424 g/mol. The summed E-state index contributed by atoms with van der Waals surface area (Å²) in [6.45, 7) is 5.82. The number of aromatic nitrogens is 2.